The second-order valence-corrected chi connectivity index (χ2v) is 3.97. The predicted molar refractivity (Wildman–Crippen MR) is 66.2 cm³/mol. The molecular weight excluding hydrogens is 215 g/mol. The number of halogens is 1. The van der Waals surface area contributed by atoms with Crippen LogP contribution in [0.1, 0.15) is 23.5 Å². The van der Waals surface area contributed by atoms with Gasteiger partial charge in [0.05, 0.1) is 0 Å². The summed E-state index contributed by atoms with van der Waals surface area (Å²) in [5.74, 6) is -0.0720. The summed E-state index contributed by atoms with van der Waals surface area (Å²) in [5, 5.41) is 0. The summed E-state index contributed by atoms with van der Waals surface area (Å²) in [4.78, 5) is 3.99. The summed E-state index contributed by atoms with van der Waals surface area (Å²) >= 11 is 0. The van der Waals surface area contributed by atoms with E-state index in [1.165, 1.54) is 6.07 Å². The van der Waals surface area contributed by atoms with E-state index in [-0.39, 0.29) is 11.7 Å². The Labute approximate surface area is 100 Å². The van der Waals surface area contributed by atoms with Gasteiger partial charge in [0.2, 0.25) is 0 Å². The molecule has 1 atom stereocenters. The summed E-state index contributed by atoms with van der Waals surface area (Å²) in [5.41, 5.74) is 7.71. The molecule has 1 aromatic carbocycles. The molecule has 2 N–H and O–H groups in total. The highest BCUT2D eigenvalue weighted by Crippen LogP contribution is 2.27. The Bertz CT molecular complexity index is 471. The molecule has 0 aliphatic carbocycles. The van der Waals surface area contributed by atoms with Gasteiger partial charge < -0.3 is 5.73 Å². The number of hydrogen-bond donors (Lipinski definition) is 1. The van der Waals surface area contributed by atoms with Gasteiger partial charge in [0.25, 0.3) is 0 Å². The van der Waals surface area contributed by atoms with Gasteiger partial charge in [-0.2, -0.15) is 0 Å². The van der Waals surface area contributed by atoms with Crippen LogP contribution in [0.15, 0.2) is 48.8 Å². The zero-order chi connectivity index (χ0) is 12.1. The van der Waals surface area contributed by atoms with Crippen LogP contribution in [-0.2, 0) is 0 Å². The average Bonchev–Trinajstić information content (AvgIpc) is 2.37. The van der Waals surface area contributed by atoms with Gasteiger partial charge in [-0.05, 0) is 48.4 Å². The maximum Gasteiger partial charge on any atom is 0.123 e. The first kappa shape index (κ1) is 11.7. The Kier molecular flexibility index (Phi) is 3.83. The molecule has 0 aliphatic heterocycles. The van der Waals surface area contributed by atoms with E-state index in [1.54, 1.807) is 24.5 Å². The van der Waals surface area contributed by atoms with Crippen LogP contribution in [0.4, 0.5) is 4.39 Å². The molecule has 1 unspecified atom stereocenters. The maximum absolute atomic E-state index is 13.2. The van der Waals surface area contributed by atoms with Crippen molar-refractivity contribution >= 4 is 0 Å². The van der Waals surface area contributed by atoms with Crippen LogP contribution >= 0.6 is 0 Å². The molecule has 0 saturated heterocycles. The smallest absolute Gasteiger partial charge is 0.123 e. The minimum atomic E-state index is -0.210. The second-order valence-electron chi connectivity index (χ2n) is 3.97. The number of pyridine rings is 1. The Balaban J connectivity index is 2.35. The monoisotopic (exact) mass is 230 g/mol. The van der Waals surface area contributed by atoms with E-state index in [4.69, 9.17) is 5.73 Å². The molecule has 3 heteroatoms. The van der Waals surface area contributed by atoms with Gasteiger partial charge in [-0.1, -0.05) is 12.1 Å². The predicted octanol–water partition coefficient (Wildman–Crippen LogP) is 2.70. The van der Waals surface area contributed by atoms with Gasteiger partial charge in [0.15, 0.2) is 0 Å². The first-order chi connectivity index (χ1) is 8.31. The van der Waals surface area contributed by atoms with E-state index >= 15 is 0 Å². The van der Waals surface area contributed by atoms with Crippen LogP contribution < -0.4 is 5.73 Å². The van der Waals surface area contributed by atoms with Gasteiger partial charge in [-0.3, -0.25) is 4.98 Å². The third kappa shape index (κ3) is 2.88. The van der Waals surface area contributed by atoms with Crippen molar-refractivity contribution in [3.63, 3.8) is 0 Å². The fourth-order valence-electron chi connectivity index (χ4n) is 2.01. The third-order valence-corrected chi connectivity index (χ3v) is 2.81. The van der Waals surface area contributed by atoms with E-state index in [1.807, 2.05) is 18.2 Å². The van der Waals surface area contributed by atoms with Crippen LogP contribution in [0.2, 0.25) is 0 Å². The minimum absolute atomic E-state index is 0.138. The van der Waals surface area contributed by atoms with Crippen LogP contribution in [0, 0.1) is 5.82 Å². The molecule has 0 bridgehead atoms. The van der Waals surface area contributed by atoms with E-state index in [0.29, 0.717) is 6.54 Å². The lowest BCUT2D eigenvalue weighted by atomic mass is 9.89. The first-order valence-electron chi connectivity index (χ1n) is 5.66. The molecule has 17 heavy (non-hydrogen) atoms. The van der Waals surface area contributed by atoms with Gasteiger partial charge >= 0.3 is 0 Å². The second kappa shape index (κ2) is 5.55. The SMILES string of the molecule is NCCC(c1ccncc1)c1cccc(F)c1. The highest BCUT2D eigenvalue weighted by Gasteiger charge is 2.13. The molecule has 0 spiro atoms. The number of hydrogen-bond acceptors (Lipinski definition) is 2. The molecule has 2 nitrogen and oxygen atoms in total. The Morgan fingerprint density at radius 3 is 2.53 bits per heavy atom. The van der Waals surface area contributed by atoms with Gasteiger partial charge in [0, 0.05) is 18.3 Å². The van der Waals surface area contributed by atoms with Crippen molar-refractivity contribution in [2.24, 2.45) is 5.73 Å². The number of aromatic nitrogens is 1. The Morgan fingerprint density at radius 1 is 1.12 bits per heavy atom. The van der Waals surface area contributed by atoms with Crippen LogP contribution in [0.5, 0.6) is 0 Å². The molecule has 0 saturated carbocycles. The summed E-state index contributed by atoms with van der Waals surface area (Å²) in [6, 6.07) is 10.6. The van der Waals surface area contributed by atoms with Crippen molar-refractivity contribution in [1.29, 1.82) is 0 Å². The molecule has 0 amide bonds. The first-order valence-corrected chi connectivity index (χ1v) is 5.66. The number of nitrogens with zero attached hydrogens (tertiary/aromatic N) is 1. The van der Waals surface area contributed by atoms with E-state index in [2.05, 4.69) is 4.98 Å². The van der Waals surface area contributed by atoms with Gasteiger partial charge in [-0.25, -0.2) is 4.39 Å². The summed E-state index contributed by atoms with van der Waals surface area (Å²) in [6.07, 6.45) is 4.30. The van der Waals surface area contributed by atoms with Crippen molar-refractivity contribution < 1.29 is 4.39 Å². The van der Waals surface area contributed by atoms with Crippen LogP contribution in [0.25, 0.3) is 0 Å². The zero-order valence-electron chi connectivity index (χ0n) is 9.51. The van der Waals surface area contributed by atoms with Crippen molar-refractivity contribution in [3.05, 3.63) is 65.7 Å². The van der Waals surface area contributed by atoms with Crippen molar-refractivity contribution in [2.45, 2.75) is 12.3 Å². The topological polar surface area (TPSA) is 38.9 Å². The van der Waals surface area contributed by atoms with E-state index in [0.717, 1.165) is 17.5 Å². The molecular formula is C14H15FN2. The maximum atomic E-state index is 13.2. The largest absolute Gasteiger partial charge is 0.330 e. The molecule has 2 aromatic rings. The summed E-state index contributed by atoms with van der Waals surface area (Å²) < 4.78 is 13.2. The van der Waals surface area contributed by atoms with Crippen molar-refractivity contribution in [1.82, 2.24) is 4.98 Å². The lowest BCUT2D eigenvalue weighted by Crippen LogP contribution is -2.09. The minimum Gasteiger partial charge on any atom is -0.330 e. The lowest BCUT2D eigenvalue weighted by molar-refractivity contribution is 0.620. The average molecular weight is 230 g/mol. The number of rotatable bonds is 4. The summed E-state index contributed by atoms with van der Waals surface area (Å²) in [7, 11) is 0. The normalized spacial score (nSPS) is 12.4. The molecule has 2 rings (SSSR count). The standard InChI is InChI=1S/C14H15FN2/c15-13-3-1-2-12(10-13)14(4-7-16)11-5-8-17-9-6-11/h1-3,5-6,8-10,14H,4,7,16H2. The van der Waals surface area contributed by atoms with Gasteiger partial charge in [0.1, 0.15) is 5.82 Å². The number of benzene rings is 1. The fourth-order valence-corrected chi connectivity index (χ4v) is 2.01. The van der Waals surface area contributed by atoms with Crippen molar-refractivity contribution in [2.75, 3.05) is 6.54 Å². The highest BCUT2D eigenvalue weighted by molar-refractivity contribution is 5.31. The molecule has 1 aromatic heterocycles. The van der Waals surface area contributed by atoms with Crippen LogP contribution in [0.3, 0.4) is 0 Å². The Hall–Kier alpha value is -1.74. The highest BCUT2D eigenvalue weighted by atomic mass is 19.1. The molecule has 88 valence electrons. The molecule has 0 fully saturated rings. The van der Waals surface area contributed by atoms with Crippen LogP contribution in [-0.4, -0.2) is 11.5 Å². The fraction of sp³-hybridized carbons (Fsp3) is 0.214. The zero-order valence-corrected chi connectivity index (χ0v) is 9.51. The quantitative estimate of drug-likeness (QED) is 0.877. The van der Waals surface area contributed by atoms with E-state index < -0.39 is 0 Å². The van der Waals surface area contributed by atoms with Crippen molar-refractivity contribution in [3.8, 4) is 0 Å². The molecule has 1 heterocycles. The number of nitrogens with two attached hydrogens (primary N) is 1. The van der Waals surface area contributed by atoms with E-state index in [9.17, 15) is 4.39 Å². The lowest BCUT2D eigenvalue weighted by Gasteiger charge is -2.16. The Morgan fingerprint density at radius 2 is 1.88 bits per heavy atom. The third-order valence-electron chi connectivity index (χ3n) is 2.81. The molecule has 0 radical (unpaired) electrons. The van der Waals surface area contributed by atoms with Gasteiger partial charge in [-0.15, -0.1) is 0 Å². The molecule has 0 aliphatic rings. The summed E-state index contributed by atoms with van der Waals surface area (Å²) in [6.45, 7) is 0.573.